The predicted molar refractivity (Wildman–Crippen MR) is 120 cm³/mol. The third-order valence-corrected chi connectivity index (χ3v) is 5.90. The van der Waals surface area contributed by atoms with Gasteiger partial charge >= 0.3 is 0 Å². The van der Waals surface area contributed by atoms with Crippen molar-refractivity contribution >= 4 is 16.7 Å². The van der Waals surface area contributed by atoms with Gasteiger partial charge in [-0.25, -0.2) is 4.98 Å². The van der Waals surface area contributed by atoms with E-state index in [0.717, 1.165) is 84.4 Å². The zero-order valence-electron chi connectivity index (χ0n) is 18.0. The van der Waals surface area contributed by atoms with Gasteiger partial charge in [-0.3, -0.25) is 9.78 Å². The van der Waals surface area contributed by atoms with Crippen molar-refractivity contribution in [3.8, 4) is 17.0 Å². The van der Waals surface area contributed by atoms with Gasteiger partial charge in [0, 0.05) is 42.0 Å². The molecule has 2 aromatic heterocycles. The van der Waals surface area contributed by atoms with Crippen molar-refractivity contribution in [2.75, 3.05) is 7.11 Å². The normalized spacial score (nSPS) is 13.7. The van der Waals surface area contributed by atoms with Gasteiger partial charge in [0.2, 0.25) is 0 Å². The highest BCUT2D eigenvalue weighted by Crippen LogP contribution is 2.34. The summed E-state index contributed by atoms with van der Waals surface area (Å²) >= 11 is 0. The van der Waals surface area contributed by atoms with Gasteiger partial charge in [-0.15, -0.1) is 0 Å². The Morgan fingerprint density at radius 2 is 2.00 bits per heavy atom. The number of nitrogens with zero attached hydrogens (tertiary/aromatic N) is 2. The van der Waals surface area contributed by atoms with Crippen LogP contribution in [0.5, 0.6) is 5.75 Å². The van der Waals surface area contributed by atoms with Crippen LogP contribution in [0.1, 0.15) is 62.9 Å². The van der Waals surface area contributed by atoms with E-state index in [9.17, 15) is 4.79 Å². The number of rotatable bonds is 11. The Labute approximate surface area is 178 Å². The molecule has 0 aliphatic heterocycles. The van der Waals surface area contributed by atoms with Gasteiger partial charge in [-0.1, -0.05) is 18.9 Å². The van der Waals surface area contributed by atoms with Crippen LogP contribution >= 0.6 is 0 Å². The first-order valence-corrected chi connectivity index (χ1v) is 11.1. The molecule has 0 spiro atoms. The van der Waals surface area contributed by atoms with Crippen molar-refractivity contribution in [1.29, 1.82) is 0 Å². The van der Waals surface area contributed by atoms with Crippen molar-refractivity contribution < 1.29 is 9.53 Å². The number of ketones is 1. The smallest absolute Gasteiger partial charge is 0.133 e. The molecule has 0 amide bonds. The number of methoxy groups -OCH3 is 1. The van der Waals surface area contributed by atoms with E-state index in [1.807, 2.05) is 25.3 Å². The number of aromatic nitrogens is 3. The summed E-state index contributed by atoms with van der Waals surface area (Å²) in [6.45, 7) is 1.99. The second kappa shape index (κ2) is 9.41. The number of H-pyrrole nitrogens is 1. The molecular weight excluding hydrogens is 374 g/mol. The van der Waals surface area contributed by atoms with Gasteiger partial charge in [0.1, 0.15) is 17.4 Å². The monoisotopic (exact) mass is 405 g/mol. The average molecular weight is 406 g/mol. The van der Waals surface area contributed by atoms with E-state index >= 15 is 0 Å². The molecule has 0 saturated heterocycles. The Kier molecular flexibility index (Phi) is 6.46. The fraction of sp³-hybridized carbons (Fsp3) is 0.480. The van der Waals surface area contributed by atoms with Gasteiger partial charge in [0.25, 0.3) is 0 Å². The molecule has 1 aliphatic carbocycles. The van der Waals surface area contributed by atoms with E-state index in [-0.39, 0.29) is 0 Å². The molecule has 2 heterocycles. The van der Waals surface area contributed by atoms with Crippen LogP contribution in [0.3, 0.4) is 0 Å². The molecule has 0 atom stereocenters. The average Bonchev–Trinajstić information content (AvgIpc) is 3.43. The minimum Gasteiger partial charge on any atom is -0.496 e. The molecular formula is C25H31N3O2. The molecule has 1 N–H and O–H groups in total. The van der Waals surface area contributed by atoms with Crippen LogP contribution in [0.15, 0.2) is 30.5 Å². The topological polar surface area (TPSA) is 67.9 Å². The van der Waals surface area contributed by atoms with Crippen LogP contribution in [-0.4, -0.2) is 27.8 Å². The highest BCUT2D eigenvalue weighted by atomic mass is 16.5. The second-order valence-electron chi connectivity index (χ2n) is 8.54. The summed E-state index contributed by atoms with van der Waals surface area (Å²) in [6, 6.07) is 8.21. The van der Waals surface area contributed by atoms with Gasteiger partial charge in [-0.2, -0.15) is 0 Å². The Balaban J connectivity index is 1.30. The summed E-state index contributed by atoms with van der Waals surface area (Å²) in [6.07, 6.45) is 11.3. The molecule has 30 heavy (non-hydrogen) atoms. The van der Waals surface area contributed by atoms with E-state index < -0.39 is 0 Å². The van der Waals surface area contributed by atoms with Crippen LogP contribution in [0.4, 0.5) is 0 Å². The van der Waals surface area contributed by atoms with E-state index in [0.29, 0.717) is 11.7 Å². The van der Waals surface area contributed by atoms with Gasteiger partial charge < -0.3 is 9.72 Å². The maximum atomic E-state index is 11.8. The molecule has 0 radical (unpaired) electrons. The first-order chi connectivity index (χ1) is 14.6. The number of carbonyl (C=O) groups is 1. The van der Waals surface area contributed by atoms with Crippen molar-refractivity contribution in [3.63, 3.8) is 0 Å². The third kappa shape index (κ3) is 5.26. The lowest BCUT2D eigenvalue weighted by atomic mass is 10.1. The first-order valence-electron chi connectivity index (χ1n) is 11.1. The third-order valence-electron chi connectivity index (χ3n) is 5.90. The SMILES string of the molecule is COc1cc2nc(C)ccc2cc1-c1cnc(CCCCCCC(=O)CC2CC2)[nH]1. The fourth-order valence-corrected chi connectivity index (χ4v) is 3.97. The molecule has 0 unspecified atom stereocenters. The molecule has 1 saturated carbocycles. The highest BCUT2D eigenvalue weighted by molar-refractivity contribution is 5.87. The van der Waals surface area contributed by atoms with Crippen molar-refractivity contribution in [3.05, 3.63) is 42.0 Å². The lowest BCUT2D eigenvalue weighted by molar-refractivity contribution is -0.119. The summed E-state index contributed by atoms with van der Waals surface area (Å²) in [4.78, 5) is 24.4. The minimum atomic E-state index is 0.461. The van der Waals surface area contributed by atoms with Crippen LogP contribution in [0, 0.1) is 12.8 Å². The lowest BCUT2D eigenvalue weighted by Crippen LogP contribution is -1.98. The molecule has 5 heteroatoms. The number of benzene rings is 1. The van der Waals surface area contributed by atoms with Crippen LogP contribution in [0.25, 0.3) is 22.2 Å². The number of ether oxygens (including phenoxy) is 1. The summed E-state index contributed by atoms with van der Waals surface area (Å²) in [5.41, 5.74) is 3.90. The van der Waals surface area contributed by atoms with Gasteiger partial charge in [0.15, 0.2) is 0 Å². The minimum absolute atomic E-state index is 0.461. The summed E-state index contributed by atoms with van der Waals surface area (Å²) < 4.78 is 5.61. The lowest BCUT2D eigenvalue weighted by Gasteiger charge is -2.09. The van der Waals surface area contributed by atoms with Crippen molar-refractivity contribution in [2.24, 2.45) is 5.92 Å². The Morgan fingerprint density at radius 3 is 2.80 bits per heavy atom. The zero-order valence-corrected chi connectivity index (χ0v) is 18.0. The zero-order chi connectivity index (χ0) is 20.9. The quantitative estimate of drug-likeness (QED) is 0.409. The van der Waals surface area contributed by atoms with E-state index in [1.54, 1.807) is 7.11 Å². The molecule has 1 fully saturated rings. The van der Waals surface area contributed by atoms with Gasteiger partial charge in [-0.05, 0) is 50.7 Å². The molecule has 4 rings (SSSR count). The molecule has 1 aromatic carbocycles. The number of nitrogens with one attached hydrogen (secondary N) is 1. The van der Waals surface area contributed by atoms with Crippen LogP contribution in [0.2, 0.25) is 0 Å². The number of Topliss-reactive ketones (excluding diaryl/α,β-unsaturated/α-hetero) is 1. The first kappa shape index (κ1) is 20.6. The number of hydrogen-bond donors (Lipinski definition) is 1. The number of carbonyl (C=O) groups excluding carboxylic acids is 1. The second-order valence-corrected chi connectivity index (χ2v) is 8.54. The van der Waals surface area contributed by atoms with E-state index in [4.69, 9.17) is 4.74 Å². The fourth-order valence-electron chi connectivity index (χ4n) is 3.97. The molecule has 3 aromatic rings. The Hall–Kier alpha value is -2.69. The van der Waals surface area contributed by atoms with Crippen molar-refractivity contribution in [2.45, 2.75) is 64.7 Å². The summed E-state index contributed by atoms with van der Waals surface area (Å²) in [5, 5.41) is 1.09. The highest BCUT2D eigenvalue weighted by Gasteiger charge is 2.23. The van der Waals surface area contributed by atoms with Gasteiger partial charge in [0.05, 0.1) is 24.5 Å². The predicted octanol–water partition coefficient (Wildman–Crippen LogP) is 5.80. The number of hydrogen-bond acceptors (Lipinski definition) is 4. The molecule has 0 bridgehead atoms. The molecule has 5 nitrogen and oxygen atoms in total. The number of aryl methyl sites for hydroxylation is 2. The number of pyridine rings is 1. The number of unbranched alkanes of at least 4 members (excludes halogenated alkanes) is 3. The van der Waals surface area contributed by atoms with Crippen LogP contribution in [-0.2, 0) is 11.2 Å². The van der Waals surface area contributed by atoms with E-state index in [2.05, 4.69) is 27.1 Å². The molecule has 158 valence electrons. The largest absolute Gasteiger partial charge is 0.496 e. The maximum absolute atomic E-state index is 11.8. The maximum Gasteiger partial charge on any atom is 0.133 e. The Bertz CT molecular complexity index is 1020. The summed E-state index contributed by atoms with van der Waals surface area (Å²) in [5.74, 6) is 2.97. The summed E-state index contributed by atoms with van der Waals surface area (Å²) in [7, 11) is 1.69. The Morgan fingerprint density at radius 1 is 1.17 bits per heavy atom. The van der Waals surface area contributed by atoms with Crippen molar-refractivity contribution in [1.82, 2.24) is 15.0 Å². The standard InChI is InChI=1S/C25H31N3O2/c1-17-9-12-19-14-21(24(30-2)15-22(19)27-17)23-16-26-25(28-23)8-6-4-3-5-7-20(29)13-18-10-11-18/h9,12,14-16,18H,3-8,10-11,13H2,1-2H3,(H,26,28). The number of aromatic amines is 1. The van der Waals surface area contributed by atoms with E-state index in [1.165, 1.54) is 12.8 Å². The molecule has 1 aliphatic rings. The number of fused-ring (bicyclic) bond motifs is 1. The number of imidazole rings is 1. The van der Waals surface area contributed by atoms with Crippen LogP contribution < -0.4 is 4.74 Å².